The van der Waals surface area contributed by atoms with Crippen molar-refractivity contribution in [1.82, 2.24) is 5.32 Å². The molecule has 0 saturated carbocycles. The number of carbonyl (C=O) groups excluding carboxylic acids is 1. The molecule has 0 fully saturated rings. The zero-order valence-corrected chi connectivity index (χ0v) is 12.6. The predicted molar refractivity (Wildman–Crippen MR) is 79.5 cm³/mol. The van der Waals surface area contributed by atoms with Crippen LogP contribution in [0.2, 0.25) is 0 Å². The molecule has 0 spiro atoms. The largest absolute Gasteiger partial charge is 0.467 e. The molecule has 1 rings (SSSR count). The monoisotopic (exact) mass is 279 g/mol. The van der Waals surface area contributed by atoms with E-state index >= 15 is 0 Å². The van der Waals surface area contributed by atoms with Gasteiger partial charge in [-0.05, 0) is 19.0 Å². The number of carbonyl (C=O) groups is 1. The molecule has 1 atom stereocenters. The van der Waals surface area contributed by atoms with Crippen molar-refractivity contribution in [3.63, 3.8) is 0 Å². The fourth-order valence-corrected chi connectivity index (χ4v) is 2.15. The van der Waals surface area contributed by atoms with Crippen LogP contribution in [0.3, 0.4) is 0 Å². The molecule has 4 nitrogen and oxygen atoms in total. The zero-order valence-electron chi connectivity index (χ0n) is 12.6. The zero-order chi connectivity index (χ0) is 14.8. The Hall–Kier alpha value is -1.39. The van der Waals surface area contributed by atoms with Gasteiger partial charge in [-0.2, -0.15) is 0 Å². The summed E-state index contributed by atoms with van der Waals surface area (Å²) in [4.78, 5) is 12.2. The Morgan fingerprint density at radius 1 is 1.25 bits per heavy atom. The summed E-state index contributed by atoms with van der Waals surface area (Å²) in [6, 6.07) is 9.54. The van der Waals surface area contributed by atoms with Crippen molar-refractivity contribution in [1.29, 1.82) is 0 Å². The molecule has 1 unspecified atom stereocenters. The highest BCUT2D eigenvalue weighted by Crippen LogP contribution is 2.23. The predicted octanol–water partition coefficient (Wildman–Crippen LogP) is 2.48. The molecule has 112 valence electrons. The van der Waals surface area contributed by atoms with E-state index in [1.165, 1.54) is 7.11 Å². The van der Waals surface area contributed by atoms with Crippen LogP contribution in [0.25, 0.3) is 0 Å². The Morgan fingerprint density at radius 3 is 2.50 bits per heavy atom. The summed E-state index contributed by atoms with van der Waals surface area (Å²) >= 11 is 0. The van der Waals surface area contributed by atoms with Gasteiger partial charge in [-0.3, -0.25) is 5.32 Å². The first-order valence-electron chi connectivity index (χ1n) is 7.12. The number of likely N-dealkylation sites (N-methyl/N-ethyl adjacent to an activating group) is 1. The van der Waals surface area contributed by atoms with Crippen molar-refractivity contribution >= 4 is 5.97 Å². The van der Waals surface area contributed by atoms with Crippen LogP contribution >= 0.6 is 0 Å². The maximum Gasteiger partial charge on any atom is 0.333 e. The van der Waals surface area contributed by atoms with Gasteiger partial charge >= 0.3 is 5.97 Å². The van der Waals surface area contributed by atoms with Gasteiger partial charge in [0, 0.05) is 6.61 Å². The highest BCUT2D eigenvalue weighted by molar-refractivity contribution is 5.82. The number of esters is 1. The minimum absolute atomic E-state index is 0.268. The van der Waals surface area contributed by atoms with E-state index in [4.69, 9.17) is 9.47 Å². The maximum absolute atomic E-state index is 12.2. The van der Waals surface area contributed by atoms with Gasteiger partial charge in [0.2, 0.25) is 0 Å². The van der Waals surface area contributed by atoms with Crippen LogP contribution in [0.1, 0.15) is 31.7 Å². The number of methoxy groups -OCH3 is 1. The molecule has 0 saturated heterocycles. The van der Waals surface area contributed by atoms with Crippen molar-refractivity contribution < 1.29 is 14.3 Å². The fraction of sp³-hybridized carbons (Fsp3) is 0.562. The molecule has 1 aromatic carbocycles. The van der Waals surface area contributed by atoms with Gasteiger partial charge in [0.25, 0.3) is 0 Å². The number of hydrogen-bond acceptors (Lipinski definition) is 4. The standard InChI is InChI=1S/C16H25NO3/c1-4-5-9-12-20-13-16(17-2,15(18)19-3)14-10-7-6-8-11-14/h6-8,10-11,17H,4-5,9,12-13H2,1-3H3. The van der Waals surface area contributed by atoms with Gasteiger partial charge in [-0.1, -0.05) is 50.1 Å². The lowest BCUT2D eigenvalue weighted by Crippen LogP contribution is -2.51. The third-order valence-electron chi connectivity index (χ3n) is 3.44. The molecule has 0 aliphatic rings. The Balaban J connectivity index is 2.82. The lowest BCUT2D eigenvalue weighted by Gasteiger charge is -2.30. The van der Waals surface area contributed by atoms with Gasteiger partial charge in [-0.15, -0.1) is 0 Å². The first-order valence-corrected chi connectivity index (χ1v) is 7.12. The highest BCUT2D eigenvalue weighted by atomic mass is 16.5. The molecule has 0 bridgehead atoms. The van der Waals surface area contributed by atoms with Gasteiger partial charge in [0.05, 0.1) is 13.7 Å². The van der Waals surface area contributed by atoms with Crippen molar-refractivity contribution in [2.24, 2.45) is 0 Å². The molecule has 0 aliphatic heterocycles. The first-order chi connectivity index (χ1) is 9.71. The van der Waals surface area contributed by atoms with Crippen molar-refractivity contribution in [3.05, 3.63) is 35.9 Å². The van der Waals surface area contributed by atoms with Crippen LogP contribution < -0.4 is 5.32 Å². The third kappa shape index (κ3) is 4.05. The molecule has 4 heteroatoms. The highest BCUT2D eigenvalue weighted by Gasteiger charge is 2.40. The third-order valence-corrected chi connectivity index (χ3v) is 3.44. The number of benzene rings is 1. The second-order valence-electron chi connectivity index (χ2n) is 4.77. The van der Waals surface area contributed by atoms with Crippen LogP contribution in [0, 0.1) is 0 Å². The topological polar surface area (TPSA) is 47.6 Å². The van der Waals surface area contributed by atoms with Gasteiger partial charge in [-0.25, -0.2) is 4.79 Å². The molecule has 0 aromatic heterocycles. The van der Waals surface area contributed by atoms with Crippen LogP contribution in [0.4, 0.5) is 0 Å². The van der Waals surface area contributed by atoms with E-state index in [9.17, 15) is 4.79 Å². The molecule has 0 heterocycles. The second kappa shape index (κ2) is 8.72. The lowest BCUT2D eigenvalue weighted by molar-refractivity contribution is -0.152. The minimum Gasteiger partial charge on any atom is -0.467 e. The minimum atomic E-state index is -0.942. The molecule has 0 amide bonds. The SMILES string of the molecule is CCCCCOCC(NC)(C(=O)OC)c1ccccc1. The van der Waals surface area contributed by atoms with E-state index < -0.39 is 5.54 Å². The van der Waals surface area contributed by atoms with Gasteiger partial charge < -0.3 is 9.47 Å². The summed E-state index contributed by atoms with van der Waals surface area (Å²) in [5.41, 5.74) is -0.0905. The molecular weight excluding hydrogens is 254 g/mol. The Morgan fingerprint density at radius 2 is 1.95 bits per heavy atom. The summed E-state index contributed by atoms with van der Waals surface area (Å²) in [7, 11) is 3.15. The van der Waals surface area contributed by atoms with Crippen LogP contribution in [-0.4, -0.2) is 33.3 Å². The number of nitrogens with one attached hydrogen (secondary N) is 1. The van der Waals surface area contributed by atoms with E-state index in [-0.39, 0.29) is 12.6 Å². The summed E-state index contributed by atoms with van der Waals surface area (Å²) in [5, 5.41) is 3.07. The van der Waals surface area contributed by atoms with E-state index in [0.717, 1.165) is 24.8 Å². The van der Waals surface area contributed by atoms with Crippen LogP contribution in [0.15, 0.2) is 30.3 Å². The van der Waals surface area contributed by atoms with E-state index in [1.54, 1.807) is 7.05 Å². The molecular formula is C16H25NO3. The molecule has 0 radical (unpaired) electrons. The first kappa shape index (κ1) is 16.7. The second-order valence-corrected chi connectivity index (χ2v) is 4.77. The average molecular weight is 279 g/mol. The van der Waals surface area contributed by atoms with Gasteiger partial charge in [0.1, 0.15) is 0 Å². The number of unbranched alkanes of at least 4 members (excludes halogenated alkanes) is 2. The molecule has 1 N–H and O–H groups in total. The quantitative estimate of drug-likeness (QED) is 0.557. The molecule has 20 heavy (non-hydrogen) atoms. The van der Waals surface area contributed by atoms with Crippen molar-refractivity contribution in [2.45, 2.75) is 31.7 Å². The van der Waals surface area contributed by atoms with Gasteiger partial charge in [0.15, 0.2) is 5.54 Å². The number of ether oxygens (including phenoxy) is 2. The maximum atomic E-state index is 12.2. The van der Waals surface area contributed by atoms with E-state index in [2.05, 4.69) is 12.2 Å². The molecule has 1 aromatic rings. The average Bonchev–Trinajstić information content (AvgIpc) is 2.51. The van der Waals surface area contributed by atoms with Crippen LogP contribution in [-0.2, 0) is 19.8 Å². The Bertz CT molecular complexity index is 394. The van der Waals surface area contributed by atoms with E-state index in [1.807, 2.05) is 30.3 Å². The number of rotatable bonds is 9. The summed E-state index contributed by atoms with van der Waals surface area (Å²) in [5.74, 6) is -0.332. The van der Waals surface area contributed by atoms with Crippen molar-refractivity contribution in [3.8, 4) is 0 Å². The van der Waals surface area contributed by atoms with E-state index in [0.29, 0.717) is 6.61 Å². The number of hydrogen-bond donors (Lipinski definition) is 1. The smallest absolute Gasteiger partial charge is 0.333 e. The summed E-state index contributed by atoms with van der Waals surface area (Å²) in [6.45, 7) is 3.07. The van der Waals surface area contributed by atoms with Crippen molar-refractivity contribution in [2.75, 3.05) is 27.4 Å². The fourth-order valence-electron chi connectivity index (χ4n) is 2.15. The molecule has 0 aliphatic carbocycles. The lowest BCUT2D eigenvalue weighted by atomic mass is 9.91. The summed E-state index contributed by atoms with van der Waals surface area (Å²) < 4.78 is 10.7. The normalized spacial score (nSPS) is 13.8. The Labute approximate surface area is 121 Å². The van der Waals surface area contributed by atoms with Crippen LogP contribution in [0.5, 0.6) is 0 Å². The Kier molecular flexibility index (Phi) is 7.26. The summed E-state index contributed by atoms with van der Waals surface area (Å²) in [6.07, 6.45) is 3.29.